The topological polar surface area (TPSA) is 110 Å². The van der Waals surface area contributed by atoms with E-state index in [4.69, 9.17) is 33.9 Å². The standard InChI is InChI=1S/C19H21NO7S2/c1-3-27-15(22)9-14(21)20-13(19(25)26-2)8-12(16(20)18(23)24)17(29)10-5-4-6-11(28)7-10/h4-5,7,12-13,16H,3,6,8-9H2,1-2H3,(H,23,24). The number of aliphatic carboxylic acids is 1. The number of hydrogen-bond acceptors (Lipinski definition) is 8. The lowest BCUT2D eigenvalue weighted by Crippen LogP contribution is -2.50. The van der Waals surface area contributed by atoms with E-state index >= 15 is 0 Å². The van der Waals surface area contributed by atoms with Crippen LogP contribution in [0.15, 0.2) is 23.8 Å². The Morgan fingerprint density at radius 2 is 2.00 bits per heavy atom. The largest absolute Gasteiger partial charge is 0.480 e. The number of amides is 1. The number of nitrogens with zero attached hydrogens (tertiary/aromatic N) is 1. The van der Waals surface area contributed by atoms with Crippen LogP contribution in [0.5, 0.6) is 0 Å². The smallest absolute Gasteiger partial charge is 0.328 e. The van der Waals surface area contributed by atoms with Gasteiger partial charge in [0.1, 0.15) is 18.5 Å². The molecule has 8 nitrogen and oxygen atoms in total. The number of carboxylic acids is 1. The Bertz CT molecular complexity index is 817. The summed E-state index contributed by atoms with van der Waals surface area (Å²) in [7, 11) is 1.14. The second-order valence-electron chi connectivity index (χ2n) is 6.48. The third-order valence-corrected chi connectivity index (χ3v) is 5.49. The van der Waals surface area contributed by atoms with Crippen molar-refractivity contribution in [3.05, 3.63) is 23.8 Å². The molecular weight excluding hydrogens is 418 g/mol. The van der Waals surface area contributed by atoms with E-state index in [0.29, 0.717) is 16.9 Å². The van der Waals surface area contributed by atoms with E-state index in [9.17, 15) is 24.3 Å². The van der Waals surface area contributed by atoms with Gasteiger partial charge in [-0.05, 0) is 25.0 Å². The number of carbonyl (C=O) groups excluding carboxylic acids is 3. The van der Waals surface area contributed by atoms with Gasteiger partial charge in [-0.1, -0.05) is 36.6 Å². The van der Waals surface area contributed by atoms with E-state index in [2.05, 4.69) is 0 Å². The normalized spacial score (nSPS) is 23.4. The fourth-order valence-corrected chi connectivity index (χ4v) is 4.04. The molecule has 10 heteroatoms. The molecule has 0 spiro atoms. The quantitative estimate of drug-likeness (QED) is 0.358. The minimum Gasteiger partial charge on any atom is -0.480 e. The van der Waals surface area contributed by atoms with Crippen LogP contribution in [0.1, 0.15) is 26.2 Å². The Labute approximate surface area is 178 Å². The lowest BCUT2D eigenvalue weighted by atomic mass is 9.89. The fourth-order valence-electron chi connectivity index (χ4n) is 3.46. The maximum Gasteiger partial charge on any atom is 0.328 e. The summed E-state index contributed by atoms with van der Waals surface area (Å²) in [5.74, 6) is -4.57. The molecule has 0 bridgehead atoms. The van der Waals surface area contributed by atoms with Gasteiger partial charge in [-0.3, -0.25) is 9.59 Å². The number of allylic oxidation sites excluding steroid dienone is 4. The molecule has 2 aliphatic rings. The average Bonchev–Trinajstić information content (AvgIpc) is 3.08. The molecule has 0 saturated carbocycles. The van der Waals surface area contributed by atoms with E-state index in [1.807, 2.05) is 6.08 Å². The predicted octanol–water partition coefficient (Wildman–Crippen LogP) is 1.41. The molecule has 3 unspecified atom stereocenters. The van der Waals surface area contributed by atoms with Crippen LogP contribution >= 0.6 is 24.4 Å². The number of thiocarbonyl (C=S) groups is 2. The third kappa shape index (κ3) is 5.13. The number of ether oxygens (including phenoxy) is 2. The number of rotatable bonds is 7. The number of hydrogen-bond donors (Lipinski definition) is 1. The fraction of sp³-hybridized carbons (Fsp3) is 0.474. The Morgan fingerprint density at radius 1 is 1.31 bits per heavy atom. The molecule has 2 rings (SSSR count). The monoisotopic (exact) mass is 439 g/mol. The number of carbonyl (C=O) groups is 4. The molecule has 0 radical (unpaired) electrons. The Kier molecular flexibility index (Phi) is 7.74. The summed E-state index contributed by atoms with van der Waals surface area (Å²) in [5, 5.41) is 9.83. The zero-order chi connectivity index (χ0) is 21.7. The number of methoxy groups -OCH3 is 1. The van der Waals surface area contributed by atoms with Gasteiger partial charge < -0.3 is 19.5 Å². The second-order valence-corrected chi connectivity index (χ2v) is 7.45. The predicted molar refractivity (Wildman–Crippen MR) is 110 cm³/mol. The highest BCUT2D eigenvalue weighted by molar-refractivity contribution is 7.81. The first-order chi connectivity index (χ1) is 13.7. The summed E-state index contributed by atoms with van der Waals surface area (Å²) in [6.07, 6.45) is 5.12. The van der Waals surface area contributed by atoms with Crippen LogP contribution in [0.25, 0.3) is 0 Å². The molecule has 1 fully saturated rings. The molecular formula is C19H21NO7S2. The van der Waals surface area contributed by atoms with Crippen LogP contribution in [0.4, 0.5) is 0 Å². The van der Waals surface area contributed by atoms with Gasteiger partial charge in [-0.2, -0.15) is 0 Å². The van der Waals surface area contributed by atoms with Crippen LogP contribution in [-0.2, 0) is 28.7 Å². The minimum atomic E-state index is -1.42. The van der Waals surface area contributed by atoms with Crippen molar-refractivity contribution in [3.8, 4) is 0 Å². The molecule has 0 aromatic heterocycles. The second kappa shape index (κ2) is 9.84. The maximum absolute atomic E-state index is 12.7. The summed E-state index contributed by atoms with van der Waals surface area (Å²) in [4.78, 5) is 50.6. The molecule has 3 atom stereocenters. The zero-order valence-electron chi connectivity index (χ0n) is 16.0. The Hall–Kier alpha value is -2.46. The van der Waals surface area contributed by atoms with Gasteiger partial charge in [0.05, 0.1) is 13.7 Å². The average molecular weight is 440 g/mol. The van der Waals surface area contributed by atoms with Crippen molar-refractivity contribution >= 4 is 58.0 Å². The van der Waals surface area contributed by atoms with Crippen LogP contribution < -0.4 is 0 Å². The molecule has 1 aliphatic carbocycles. The van der Waals surface area contributed by atoms with Gasteiger partial charge >= 0.3 is 17.9 Å². The van der Waals surface area contributed by atoms with Gasteiger partial charge in [0.15, 0.2) is 0 Å². The SMILES string of the molecule is CCOC(=O)CC(=O)N1C(C(=O)OC)CC(C(=S)C2=CC(=S)CC=C2)C1C(=O)O. The van der Waals surface area contributed by atoms with E-state index in [1.165, 1.54) is 0 Å². The molecule has 1 saturated heterocycles. The Balaban J connectivity index is 2.39. The lowest BCUT2D eigenvalue weighted by Gasteiger charge is -2.28. The van der Waals surface area contributed by atoms with Gasteiger partial charge in [0.2, 0.25) is 5.91 Å². The van der Waals surface area contributed by atoms with Crippen LogP contribution in [0.3, 0.4) is 0 Å². The molecule has 1 amide bonds. The summed E-state index contributed by atoms with van der Waals surface area (Å²) in [6, 6.07) is -2.59. The third-order valence-electron chi connectivity index (χ3n) is 4.66. The maximum atomic E-state index is 12.7. The molecule has 0 aromatic carbocycles. The Morgan fingerprint density at radius 3 is 2.55 bits per heavy atom. The first-order valence-electron chi connectivity index (χ1n) is 8.93. The van der Waals surface area contributed by atoms with E-state index in [-0.39, 0.29) is 17.9 Å². The van der Waals surface area contributed by atoms with Gasteiger partial charge in [0.25, 0.3) is 0 Å². The number of carboxylic acid groups (broad SMARTS) is 1. The molecule has 156 valence electrons. The molecule has 29 heavy (non-hydrogen) atoms. The van der Waals surface area contributed by atoms with Crippen molar-refractivity contribution in [1.29, 1.82) is 0 Å². The van der Waals surface area contributed by atoms with Gasteiger partial charge in [-0.25, -0.2) is 9.59 Å². The highest BCUT2D eigenvalue weighted by atomic mass is 32.1. The summed E-state index contributed by atoms with van der Waals surface area (Å²) >= 11 is 10.7. The molecule has 1 N–H and O–H groups in total. The summed E-state index contributed by atoms with van der Waals surface area (Å²) < 4.78 is 9.51. The van der Waals surface area contributed by atoms with Crippen LogP contribution in [0, 0.1) is 5.92 Å². The lowest BCUT2D eigenvalue weighted by molar-refractivity contribution is -0.160. The van der Waals surface area contributed by atoms with Crippen molar-refractivity contribution in [1.82, 2.24) is 4.90 Å². The molecule has 1 aliphatic heterocycles. The van der Waals surface area contributed by atoms with Crippen molar-refractivity contribution in [2.75, 3.05) is 13.7 Å². The number of esters is 2. The van der Waals surface area contributed by atoms with Crippen LogP contribution in [-0.4, -0.2) is 69.4 Å². The zero-order valence-corrected chi connectivity index (χ0v) is 17.6. The van der Waals surface area contributed by atoms with Gasteiger partial charge in [-0.15, -0.1) is 0 Å². The van der Waals surface area contributed by atoms with Crippen molar-refractivity contribution < 1.29 is 33.8 Å². The molecule has 0 aromatic rings. The van der Waals surface area contributed by atoms with Gasteiger partial charge in [0, 0.05) is 22.1 Å². The van der Waals surface area contributed by atoms with E-state index < -0.39 is 48.2 Å². The highest BCUT2D eigenvalue weighted by Gasteiger charge is 2.52. The first-order valence-corrected chi connectivity index (χ1v) is 9.75. The van der Waals surface area contributed by atoms with Crippen LogP contribution in [0.2, 0.25) is 0 Å². The van der Waals surface area contributed by atoms with E-state index in [0.717, 1.165) is 12.0 Å². The summed E-state index contributed by atoms with van der Waals surface area (Å²) in [5.41, 5.74) is 0.579. The number of likely N-dealkylation sites (tertiary alicyclic amines) is 1. The van der Waals surface area contributed by atoms with Crippen molar-refractivity contribution in [2.24, 2.45) is 5.92 Å². The van der Waals surface area contributed by atoms with E-state index in [1.54, 1.807) is 19.1 Å². The van der Waals surface area contributed by atoms with Crippen molar-refractivity contribution in [3.63, 3.8) is 0 Å². The first kappa shape index (κ1) is 22.8. The summed E-state index contributed by atoms with van der Waals surface area (Å²) in [6.45, 7) is 1.65. The highest BCUT2D eigenvalue weighted by Crippen LogP contribution is 2.35. The molecule has 1 heterocycles. The minimum absolute atomic E-state index is 0.0328. The van der Waals surface area contributed by atoms with Crippen molar-refractivity contribution in [2.45, 2.75) is 38.3 Å².